The molecule has 0 spiro atoms. The molecule has 6 heteroatoms. The van der Waals surface area contributed by atoms with Gasteiger partial charge in [-0.2, -0.15) is 0 Å². The van der Waals surface area contributed by atoms with Crippen LogP contribution in [0.5, 0.6) is 0 Å². The molecule has 0 saturated heterocycles. The second-order valence-corrected chi connectivity index (χ2v) is 5.05. The van der Waals surface area contributed by atoms with Crippen molar-refractivity contribution in [1.29, 1.82) is 0 Å². The molecule has 1 fully saturated rings. The molecule has 1 saturated carbocycles. The first-order valence-electron chi connectivity index (χ1n) is 6.32. The molecule has 5 nitrogen and oxygen atoms in total. The van der Waals surface area contributed by atoms with E-state index >= 15 is 0 Å². The molecule has 0 aliphatic heterocycles. The minimum atomic E-state index is -0.0428. The number of rotatable bonds is 4. The smallest absolute Gasteiger partial charge is 0.242 e. The molecular formula is C14H13ClN4O. The maximum atomic E-state index is 12.0. The van der Waals surface area contributed by atoms with Crippen LogP contribution in [0.3, 0.4) is 0 Å². The van der Waals surface area contributed by atoms with E-state index < -0.39 is 0 Å². The highest BCUT2D eigenvalue weighted by Crippen LogP contribution is 2.47. The zero-order chi connectivity index (χ0) is 13.9. The molecule has 1 aliphatic carbocycles. The quantitative estimate of drug-likeness (QED) is 0.669. The van der Waals surface area contributed by atoms with E-state index in [-0.39, 0.29) is 17.7 Å². The van der Waals surface area contributed by atoms with E-state index in [9.17, 15) is 4.79 Å². The highest BCUT2D eigenvalue weighted by Gasteiger charge is 2.44. The first kappa shape index (κ1) is 12.9. The molecule has 2 heterocycles. The van der Waals surface area contributed by atoms with Crippen LogP contribution in [0.15, 0.2) is 42.9 Å². The molecule has 1 aliphatic rings. The van der Waals surface area contributed by atoms with Crippen LogP contribution >= 0.6 is 11.6 Å². The molecule has 0 radical (unpaired) electrons. The van der Waals surface area contributed by atoms with Gasteiger partial charge < -0.3 is 0 Å². The first-order chi connectivity index (χ1) is 9.75. The van der Waals surface area contributed by atoms with Gasteiger partial charge in [0.2, 0.25) is 5.91 Å². The van der Waals surface area contributed by atoms with Crippen molar-refractivity contribution in [2.75, 3.05) is 5.43 Å². The number of nitrogens with zero attached hydrogens (tertiary/aromatic N) is 2. The van der Waals surface area contributed by atoms with Crippen molar-refractivity contribution in [2.24, 2.45) is 5.92 Å². The minimum absolute atomic E-state index is 0.0119. The Morgan fingerprint density at radius 1 is 1.30 bits per heavy atom. The maximum absolute atomic E-state index is 12.0. The molecule has 2 aromatic heterocycles. The Bertz CT molecular complexity index is 620. The predicted molar refractivity (Wildman–Crippen MR) is 76.1 cm³/mol. The normalized spacial score (nSPS) is 20.2. The fraction of sp³-hybridized carbons (Fsp3) is 0.214. The van der Waals surface area contributed by atoms with Gasteiger partial charge in [-0.25, -0.2) is 4.98 Å². The lowest BCUT2D eigenvalue weighted by atomic mass is 10.1. The Kier molecular flexibility index (Phi) is 3.52. The van der Waals surface area contributed by atoms with E-state index in [1.54, 1.807) is 24.5 Å². The van der Waals surface area contributed by atoms with Crippen LogP contribution in [0.4, 0.5) is 5.69 Å². The Balaban J connectivity index is 1.56. The van der Waals surface area contributed by atoms with Gasteiger partial charge in [-0.05, 0) is 36.1 Å². The van der Waals surface area contributed by atoms with Gasteiger partial charge in [0.05, 0.1) is 5.69 Å². The number of carbonyl (C=O) groups is 1. The van der Waals surface area contributed by atoms with Crippen LogP contribution < -0.4 is 10.9 Å². The molecule has 0 unspecified atom stereocenters. The number of amides is 1. The Labute approximate surface area is 121 Å². The van der Waals surface area contributed by atoms with Gasteiger partial charge in [0.25, 0.3) is 0 Å². The summed E-state index contributed by atoms with van der Waals surface area (Å²) in [7, 11) is 0. The highest BCUT2D eigenvalue weighted by atomic mass is 35.5. The van der Waals surface area contributed by atoms with Crippen LogP contribution in [0.1, 0.15) is 17.9 Å². The molecule has 102 valence electrons. The van der Waals surface area contributed by atoms with Crippen LogP contribution in [-0.4, -0.2) is 15.9 Å². The second-order valence-electron chi connectivity index (χ2n) is 4.69. The van der Waals surface area contributed by atoms with E-state index in [2.05, 4.69) is 20.8 Å². The van der Waals surface area contributed by atoms with E-state index in [0.29, 0.717) is 10.8 Å². The SMILES string of the molecule is O=C(NNc1cccnc1Cl)[C@H]1C[C@H]1c1cccnc1. The second kappa shape index (κ2) is 5.46. The van der Waals surface area contributed by atoms with E-state index in [1.807, 2.05) is 18.3 Å². The summed E-state index contributed by atoms with van der Waals surface area (Å²) in [6.07, 6.45) is 5.98. The van der Waals surface area contributed by atoms with Gasteiger partial charge in [0.15, 0.2) is 5.15 Å². The molecule has 2 atom stereocenters. The average molecular weight is 289 g/mol. The summed E-state index contributed by atoms with van der Waals surface area (Å²) >= 11 is 5.89. The summed E-state index contributed by atoms with van der Waals surface area (Å²) in [5.74, 6) is 0.204. The number of hydrogen-bond donors (Lipinski definition) is 2. The number of aromatic nitrogens is 2. The number of pyridine rings is 2. The lowest BCUT2D eigenvalue weighted by Crippen LogP contribution is -2.31. The van der Waals surface area contributed by atoms with Crippen LogP contribution in [0.25, 0.3) is 0 Å². The number of anilines is 1. The van der Waals surface area contributed by atoms with E-state index in [4.69, 9.17) is 11.6 Å². The molecule has 20 heavy (non-hydrogen) atoms. The van der Waals surface area contributed by atoms with E-state index in [1.165, 1.54) is 0 Å². The first-order valence-corrected chi connectivity index (χ1v) is 6.70. The maximum Gasteiger partial charge on any atom is 0.242 e. The van der Waals surface area contributed by atoms with Gasteiger partial charge in [-0.1, -0.05) is 17.7 Å². The fourth-order valence-corrected chi connectivity index (χ4v) is 2.32. The molecule has 3 rings (SSSR count). The van der Waals surface area contributed by atoms with Crippen LogP contribution in [-0.2, 0) is 4.79 Å². The summed E-state index contributed by atoms with van der Waals surface area (Å²) in [5.41, 5.74) is 7.15. The summed E-state index contributed by atoms with van der Waals surface area (Å²) in [6.45, 7) is 0. The van der Waals surface area contributed by atoms with Crippen molar-refractivity contribution in [2.45, 2.75) is 12.3 Å². The lowest BCUT2D eigenvalue weighted by molar-refractivity contribution is -0.121. The van der Waals surface area contributed by atoms with Crippen molar-refractivity contribution >= 4 is 23.2 Å². The lowest BCUT2D eigenvalue weighted by Gasteiger charge is -2.09. The van der Waals surface area contributed by atoms with Crippen LogP contribution in [0.2, 0.25) is 5.15 Å². The van der Waals surface area contributed by atoms with Crippen molar-refractivity contribution in [3.63, 3.8) is 0 Å². The number of nitrogens with one attached hydrogen (secondary N) is 2. The van der Waals surface area contributed by atoms with E-state index in [0.717, 1.165) is 12.0 Å². The van der Waals surface area contributed by atoms with Crippen molar-refractivity contribution in [3.8, 4) is 0 Å². The summed E-state index contributed by atoms with van der Waals surface area (Å²) in [6, 6.07) is 7.38. The zero-order valence-corrected chi connectivity index (χ0v) is 11.3. The molecule has 2 N–H and O–H groups in total. The molecule has 0 bridgehead atoms. The van der Waals surface area contributed by atoms with Crippen LogP contribution in [0, 0.1) is 5.92 Å². The molecule has 0 aromatic carbocycles. The third-order valence-corrected chi connectivity index (χ3v) is 3.62. The summed E-state index contributed by atoms with van der Waals surface area (Å²) in [4.78, 5) is 20.0. The third-order valence-electron chi connectivity index (χ3n) is 3.32. The number of halogens is 1. The zero-order valence-electron chi connectivity index (χ0n) is 10.6. The molecule has 2 aromatic rings. The van der Waals surface area contributed by atoms with Gasteiger partial charge in [0, 0.05) is 24.5 Å². The van der Waals surface area contributed by atoms with Crippen molar-refractivity contribution < 1.29 is 4.79 Å². The largest absolute Gasteiger partial charge is 0.295 e. The molecule has 1 amide bonds. The third kappa shape index (κ3) is 2.72. The summed E-state index contributed by atoms with van der Waals surface area (Å²) in [5, 5.41) is 0.326. The number of hydrazine groups is 1. The average Bonchev–Trinajstić information content (AvgIpc) is 3.28. The minimum Gasteiger partial charge on any atom is -0.295 e. The van der Waals surface area contributed by atoms with Gasteiger partial charge in [0.1, 0.15) is 0 Å². The summed E-state index contributed by atoms with van der Waals surface area (Å²) < 4.78 is 0. The number of carbonyl (C=O) groups excluding carboxylic acids is 1. The molecular weight excluding hydrogens is 276 g/mol. The van der Waals surface area contributed by atoms with Gasteiger partial charge in [-0.15, -0.1) is 0 Å². The monoisotopic (exact) mass is 288 g/mol. The van der Waals surface area contributed by atoms with Crippen molar-refractivity contribution in [1.82, 2.24) is 15.4 Å². The fourth-order valence-electron chi connectivity index (χ4n) is 2.15. The Hall–Kier alpha value is -2.14. The van der Waals surface area contributed by atoms with Gasteiger partial charge in [-0.3, -0.25) is 20.6 Å². The number of hydrogen-bond acceptors (Lipinski definition) is 4. The highest BCUT2D eigenvalue weighted by molar-refractivity contribution is 6.31. The standard InChI is InChI=1S/C14H13ClN4O/c15-13-12(4-2-6-17-13)18-19-14(20)11-7-10(11)9-3-1-5-16-8-9/h1-6,8,10-11,18H,7H2,(H,19,20)/t10-,11-/m0/s1. The Morgan fingerprint density at radius 3 is 2.90 bits per heavy atom. The topological polar surface area (TPSA) is 66.9 Å². The predicted octanol–water partition coefficient (Wildman–Crippen LogP) is 2.38. The Morgan fingerprint density at radius 2 is 2.15 bits per heavy atom. The van der Waals surface area contributed by atoms with Gasteiger partial charge >= 0.3 is 0 Å². The van der Waals surface area contributed by atoms with Crippen molar-refractivity contribution in [3.05, 3.63) is 53.6 Å².